The van der Waals surface area contributed by atoms with Crippen molar-refractivity contribution in [3.63, 3.8) is 0 Å². The highest BCUT2D eigenvalue weighted by molar-refractivity contribution is 5.84. The summed E-state index contributed by atoms with van der Waals surface area (Å²) in [7, 11) is 2.12. The maximum Gasteiger partial charge on any atom is 0.263 e. The summed E-state index contributed by atoms with van der Waals surface area (Å²) in [5.41, 5.74) is -0.294. The molecule has 0 spiro atoms. The third-order valence-corrected chi connectivity index (χ3v) is 4.55. The molecule has 0 saturated carbocycles. The minimum atomic E-state index is -0.967. The van der Waals surface area contributed by atoms with E-state index in [0.717, 1.165) is 25.9 Å². The largest absolute Gasteiger partial charge is 0.478 e. The Labute approximate surface area is 144 Å². The second kappa shape index (κ2) is 7.23. The van der Waals surface area contributed by atoms with Gasteiger partial charge in [-0.2, -0.15) is 5.26 Å². The van der Waals surface area contributed by atoms with Crippen LogP contribution in [0.2, 0.25) is 0 Å². The van der Waals surface area contributed by atoms with Crippen molar-refractivity contribution >= 4 is 5.91 Å². The zero-order valence-corrected chi connectivity index (χ0v) is 15.1. The first-order chi connectivity index (χ1) is 11.2. The van der Waals surface area contributed by atoms with E-state index >= 15 is 0 Å². The molecule has 2 rings (SSSR count). The summed E-state index contributed by atoms with van der Waals surface area (Å²) in [6.45, 7) is 8.50. The molecule has 0 aliphatic carbocycles. The van der Waals surface area contributed by atoms with E-state index in [-0.39, 0.29) is 11.3 Å². The Morgan fingerprint density at radius 1 is 1.42 bits per heavy atom. The number of amides is 1. The molecule has 0 radical (unpaired) electrons. The van der Waals surface area contributed by atoms with Gasteiger partial charge in [-0.05, 0) is 70.0 Å². The highest BCUT2D eigenvalue weighted by atomic mass is 16.5. The van der Waals surface area contributed by atoms with Gasteiger partial charge >= 0.3 is 0 Å². The molecule has 1 aliphatic heterocycles. The van der Waals surface area contributed by atoms with Gasteiger partial charge in [0.2, 0.25) is 0 Å². The first kappa shape index (κ1) is 18.3. The molecule has 5 nitrogen and oxygen atoms in total. The van der Waals surface area contributed by atoms with Gasteiger partial charge in [0.15, 0.2) is 5.60 Å². The molecule has 1 N–H and O–H groups in total. The zero-order chi connectivity index (χ0) is 17.8. The van der Waals surface area contributed by atoms with Gasteiger partial charge in [-0.3, -0.25) is 4.79 Å². The zero-order valence-electron chi connectivity index (χ0n) is 15.1. The topological polar surface area (TPSA) is 65.4 Å². The van der Waals surface area contributed by atoms with E-state index in [1.54, 1.807) is 38.1 Å². The van der Waals surface area contributed by atoms with Crippen LogP contribution >= 0.6 is 0 Å². The fraction of sp³-hybridized carbons (Fsp3) is 0.579. The summed E-state index contributed by atoms with van der Waals surface area (Å²) in [5, 5.41) is 11.9. The van der Waals surface area contributed by atoms with Crippen molar-refractivity contribution in [2.24, 2.45) is 5.41 Å². The predicted molar refractivity (Wildman–Crippen MR) is 93.7 cm³/mol. The molecule has 1 aromatic rings. The number of hydrogen-bond acceptors (Lipinski definition) is 4. The van der Waals surface area contributed by atoms with Crippen LogP contribution in [0.5, 0.6) is 5.75 Å². The monoisotopic (exact) mass is 329 g/mol. The van der Waals surface area contributed by atoms with E-state index in [1.165, 1.54) is 0 Å². The van der Waals surface area contributed by atoms with Crippen LogP contribution in [0.25, 0.3) is 0 Å². The summed E-state index contributed by atoms with van der Waals surface area (Å²) in [6, 6.07) is 8.86. The summed E-state index contributed by atoms with van der Waals surface area (Å²) in [5.74, 6) is 0.457. The third-order valence-electron chi connectivity index (χ3n) is 4.55. The molecular formula is C19H27N3O2. The third kappa shape index (κ3) is 4.72. The minimum absolute atomic E-state index is 0.104. The standard InChI is InChI=1S/C19H27N3O2/c1-18(2,24-16-8-6-15(12-20)7-9-16)17(23)21-13-19(3)10-5-11-22(4)14-19/h6-9H,5,10-11,13-14H2,1-4H3,(H,21,23)/t19-/m0/s1. The molecule has 24 heavy (non-hydrogen) atoms. The van der Waals surface area contributed by atoms with Gasteiger partial charge in [-0.15, -0.1) is 0 Å². The van der Waals surface area contributed by atoms with E-state index in [9.17, 15) is 4.79 Å². The van der Waals surface area contributed by atoms with Gasteiger partial charge in [0.25, 0.3) is 5.91 Å². The summed E-state index contributed by atoms with van der Waals surface area (Å²) < 4.78 is 5.83. The second-order valence-electron chi connectivity index (χ2n) is 7.58. The van der Waals surface area contributed by atoms with Crippen LogP contribution in [-0.4, -0.2) is 43.1 Å². The molecule has 1 heterocycles. The first-order valence-electron chi connectivity index (χ1n) is 8.40. The van der Waals surface area contributed by atoms with Gasteiger partial charge < -0.3 is 15.0 Å². The highest BCUT2D eigenvalue weighted by Gasteiger charge is 2.34. The molecule has 130 valence electrons. The van der Waals surface area contributed by atoms with Gasteiger partial charge in [0.1, 0.15) is 5.75 Å². The number of piperidine rings is 1. The van der Waals surface area contributed by atoms with Gasteiger partial charge in [-0.1, -0.05) is 6.92 Å². The average Bonchev–Trinajstić information content (AvgIpc) is 2.53. The number of carbonyl (C=O) groups excluding carboxylic acids is 1. The molecule has 5 heteroatoms. The van der Waals surface area contributed by atoms with Crippen LogP contribution in [0.4, 0.5) is 0 Å². The number of likely N-dealkylation sites (tertiary alicyclic amines) is 1. The van der Waals surface area contributed by atoms with Crippen molar-refractivity contribution in [2.75, 3.05) is 26.7 Å². The van der Waals surface area contributed by atoms with Crippen molar-refractivity contribution in [2.45, 2.75) is 39.2 Å². The van der Waals surface area contributed by atoms with Crippen molar-refractivity contribution in [1.82, 2.24) is 10.2 Å². The quantitative estimate of drug-likeness (QED) is 0.902. The van der Waals surface area contributed by atoms with Crippen LogP contribution in [0.3, 0.4) is 0 Å². The van der Waals surface area contributed by atoms with Crippen LogP contribution < -0.4 is 10.1 Å². The van der Waals surface area contributed by atoms with Gasteiger partial charge in [0.05, 0.1) is 11.6 Å². The number of ether oxygens (including phenoxy) is 1. The molecule has 1 atom stereocenters. The smallest absolute Gasteiger partial charge is 0.263 e. The fourth-order valence-electron chi connectivity index (χ4n) is 3.17. The van der Waals surface area contributed by atoms with E-state index < -0.39 is 5.60 Å². The Hall–Kier alpha value is -2.06. The summed E-state index contributed by atoms with van der Waals surface area (Å²) in [6.07, 6.45) is 2.28. The van der Waals surface area contributed by atoms with Crippen LogP contribution in [-0.2, 0) is 4.79 Å². The van der Waals surface area contributed by atoms with Crippen molar-refractivity contribution < 1.29 is 9.53 Å². The number of hydrogen-bond donors (Lipinski definition) is 1. The molecule has 0 aromatic heterocycles. The number of carbonyl (C=O) groups is 1. The lowest BCUT2D eigenvalue weighted by atomic mass is 9.82. The van der Waals surface area contributed by atoms with Crippen molar-refractivity contribution in [3.05, 3.63) is 29.8 Å². The van der Waals surface area contributed by atoms with E-state index in [2.05, 4.69) is 30.3 Å². The van der Waals surface area contributed by atoms with E-state index in [4.69, 9.17) is 10.00 Å². The maximum atomic E-state index is 12.6. The number of rotatable bonds is 5. The van der Waals surface area contributed by atoms with E-state index in [0.29, 0.717) is 17.9 Å². The number of benzene rings is 1. The summed E-state index contributed by atoms with van der Waals surface area (Å²) >= 11 is 0. The Bertz CT molecular complexity index is 618. The minimum Gasteiger partial charge on any atom is -0.478 e. The Morgan fingerprint density at radius 3 is 2.67 bits per heavy atom. The highest BCUT2D eigenvalue weighted by Crippen LogP contribution is 2.28. The van der Waals surface area contributed by atoms with Crippen molar-refractivity contribution in [3.8, 4) is 11.8 Å². The lowest BCUT2D eigenvalue weighted by Gasteiger charge is -2.39. The summed E-state index contributed by atoms with van der Waals surface area (Å²) in [4.78, 5) is 14.9. The second-order valence-corrected chi connectivity index (χ2v) is 7.58. The fourth-order valence-corrected chi connectivity index (χ4v) is 3.17. The normalized spacial score (nSPS) is 21.8. The number of nitriles is 1. The van der Waals surface area contributed by atoms with Crippen LogP contribution in [0, 0.1) is 16.7 Å². The van der Waals surface area contributed by atoms with Crippen molar-refractivity contribution in [1.29, 1.82) is 5.26 Å². The molecule has 1 saturated heterocycles. The maximum absolute atomic E-state index is 12.6. The Kier molecular flexibility index (Phi) is 5.51. The molecule has 1 aromatic carbocycles. The van der Waals surface area contributed by atoms with Gasteiger partial charge in [0, 0.05) is 13.1 Å². The van der Waals surface area contributed by atoms with Crippen LogP contribution in [0.1, 0.15) is 39.2 Å². The first-order valence-corrected chi connectivity index (χ1v) is 8.40. The average molecular weight is 329 g/mol. The molecular weight excluding hydrogens is 302 g/mol. The molecule has 1 amide bonds. The van der Waals surface area contributed by atoms with E-state index in [1.807, 2.05) is 0 Å². The molecule has 1 fully saturated rings. The van der Waals surface area contributed by atoms with Crippen LogP contribution in [0.15, 0.2) is 24.3 Å². The Balaban J connectivity index is 1.93. The molecule has 0 unspecified atom stereocenters. The van der Waals surface area contributed by atoms with Gasteiger partial charge in [-0.25, -0.2) is 0 Å². The predicted octanol–water partition coefficient (Wildman–Crippen LogP) is 2.56. The number of nitrogens with zero attached hydrogens (tertiary/aromatic N) is 2. The lowest BCUT2D eigenvalue weighted by Crippen LogP contribution is -2.52. The lowest BCUT2D eigenvalue weighted by molar-refractivity contribution is -0.134. The number of nitrogens with one attached hydrogen (secondary N) is 1. The SMILES string of the molecule is CN1CCC[C@@](C)(CNC(=O)C(C)(C)Oc2ccc(C#N)cc2)C1. The molecule has 1 aliphatic rings. The molecule has 0 bridgehead atoms. The Morgan fingerprint density at radius 2 is 2.08 bits per heavy atom.